The molecule has 1 heterocycles. The van der Waals surface area contributed by atoms with E-state index in [9.17, 15) is 4.79 Å². The largest absolute Gasteiger partial charge is 0.478 e. The average molecular weight is 234 g/mol. The van der Waals surface area contributed by atoms with Crippen LogP contribution in [0, 0.1) is 0 Å². The molecule has 0 aromatic heterocycles. The number of piperidine rings is 1. The number of nitrogens with one attached hydrogen (secondary N) is 1. The van der Waals surface area contributed by atoms with Crippen LogP contribution in [0.5, 0.6) is 0 Å². The first-order valence-electron chi connectivity index (χ1n) is 6.06. The summed E-state index contributed by atoms with van der Waals surface area (Å²) in [6.45, 7) is 2.97. The van der Waals surface area contributed by atoms with Crippen LogP contribution >= 0.6 is 0 Å². The molecule has 0 atom stereocenters. The van der Waals surface area contributed by atoms with E-state index in [1.165, 1.54) is 19.3 Å². The second kappa shape index (κ2) is 5.80. The van der Waals surface area contributed by atoms with Crippen molar-refractivity contribution in [3.63, 3.8) is 0 Å². The summed E-state index contributed by atoms with van der Waals surface area (Å²) < 4.78 is 0. The van der Waals surface area contributed by atoms with Crippen molar-refractivity contribution in [3.8, 4) is 0 Å². The predicted octanol–water partition coefficient (Wildman–Crippen LogP) is 1.88. The van der Waals surface area contributed by atoms with Crippen LogP contribution in [0.2, 0.25) is 0 Å². The van der Waals surface area contributed by atoms with Gasteiger partial charge in [-0.1, -0.05) is 18.6 Å². The zero-order chi connectivity index (χ0) is 12.1. The Bertz CT molecular complexity index is 370. The highest BCUT2D eigenvalue weighted by Crippen LogP contribution is 2.08. The lowest BCUT2D eigenvalue weighted by atomic mass is 10.1. The molecular formula is C13H18N2O2. The zero-order valence-electron chi connectivity index (χ0n) is 9.85. The van der Waals surface area contributed by atoms with Gasteiger partial charge in [0, 0.05) is 19.6 Å². The SMILES string of the molecule is O=C(O)c1ccc(CNN2CCCCC2)cc1. The van der Waals surface area contributed by atoms with Crippen LogP contribution in [0.25, 0.3) is 0 Å². The molecule has 4 nitrogen and oxygen atoms in total. The number of nitrogens with zero attached hydrogens (tertiary/aromatic N) is 1. The molecule has 2 N–H and O–H groups in total. The Balaban J connectivity index is 1.84. The first-order chi connectivity index (χ1) is 8.25. The predicted molar refractivity (Wildman–Crippen MR) is 65.7 cm³/mol. The molecule has 0 saturated carbocycles. The van der Waals surface area contributed by atoms with Gasteiger partial charge in [-0.15, -0.1) is 0 Å². The lowest BCUT2D eigenvalue weighted by molar-refractivity contribution is 0.0697. The summed E-state index contributed by atoms with van der Waals surface area (Å²) in [4.78, 5) is 10.7. The third-order valence-corrected chi connectivity index (χ3v) is 3.06. The van der Waals surface area contributed by atoms with Gasteiger partial charge in [0.2, 0.25) is 0 Å². The fourth-order valence-electron chi connectivity index (χ4n) is 2.02. The van der Waals surface area contributed by atoms with E-state index in [4.69, 9.17) is 5.11 Å². The van der Waals surface area contributed by atoms with Crippen molar-refractivity contribution in [1.29, 1.82) is 0 Å². The van der Waals surface area contributed by atoms with E-state index in [1.54, 1.807) is 12.1 Å². The second-order valence-corrected chi connectivity index (χ2v) is 4.38. The minimum absolute atomic E-state index is 0.340. The van der Waals surface area contributed by atoms with Crippen molar-refractivity contribution in [2.45, 2.75) is 25.8 Å². The standard InChI is InChI=1S/C13H18N2O2/c16-13(17)12-6-4-11(5-7-12)10-14-15-8-2-1-3-9-15/h4-7,14H,1-3,8-10H2,(H,16,17). The highest BCUT2D eigenvalue weighted by molar-refractivity contribution is 5.87. The fraction of sp³-hybridized carbons (Fsp3) is 0.462. The maximum absolute atomic E-state index is 10.7. The van der Waals surface area contributed by atoms with Crippen LogP contribution in [0.3, 0.4) is 0 Å². The number of hydrogen-bond donors (Lipinski definition) is 2. The summed E-state index contributed by atoms with van der Waals surface area (Å²) >= 11 is 0. The quantitative estimate of drug-likeness (QED) is 0.835. The van der Waals surface area contributed by atoms with Crippen LogP contribution in [0.15, 0.2) is 24.3 Å². The summed E-state index contributed by atoms with van der Waals surface area (Å²) in [5, 5.41) is 11.0. The highest BCUT2D eigenvalue weighted by atomic mass is 16.4. The molecule has 1 aromatic rings. The Labute approximate surface area is 101 Å². The van der Waals surface area contributed by atoms with Gasteiger partial charge in [0.1, 0.15) is 0 Å². The van der Waals surface area contributed by atoms with Crippen LogP contribution in [0.1, 0.15) is 35.2 Å². The van der Waals surface area contributed by atoms with E-state index in [1.807, 2.05) is 12.1 Å². The summed E-state index contributed by atoms with van der Waals surface area (Å²) in [5.74, 6) is -0.875. The smallest absolute Gasteiger partial charge is 0.335 e. The van der Waals surface area contributed by atoms with Crippen LogP contribution in [0.4, 0.5) is 0 Å². The normalized spacial score (nSPS) is 16.9. The van der Waals surface area contributed by atoms with Gasteiger partial charge in [0.15, 0.2) is 0 Å². The number of carboxylic acid groups (broad SMARTS) is 1. The van der Waals surface area contributed by atoms with Gasteiger partial charge in [0.05, 0.1) is 5.56 Å². The van der Waals surface area contributed by atoms with Crippen molar-refractivity contribution in [2.24, 2.45) is 0 Å². The molecular weight excluding hydrogens is 216 g/mol. The Morgan fingerprint density at radius 2 is 1.82 bits per heavy atom. The van der Waals surface area contributed by atoms with Gasteiger partial charge in [-0.2, -0.15) is 0 Å². The molecule has 17 heavy (non-hydrogen) atoms. The lowest BCUT2D eigenvalue weighted by Crippen LogP contribution is -2.41. The lowest BCUT2D eigenvalue weighted by Gasteiger charge is -2.27. The van der Waals surface area contributed by atoms with E-state index in [-0.39, 0.29) is 0 Å². The minimum atomic E-state index is -0.875. The molecule has 92 valence electrons. The van der Waals surface area contributed by atoms with Crippen molar-refractivity contribution >= 4 is 5.97 Å². The molecule has 2 rings (SSSR count). The summed E-state index contributed by atoms with van der Waals surface area (Å²) in [6.07, 6.45) is 3.83. The number of rotatable bonds is 4. The van der Waals surface area contributed by atoms with Gasteiger partial charge in [0.25, 0.3) is 0 Å². The number of hydrazine groups is 1. The topological polar surface area (TPSA) is 52.6 Å². The van der Waals surface area contributed by atoms with Crippen molar-refractivity contribution < 1.29 is 9.90 Å². The number of carboxylic acids is 1. The summed E-state index contributed by atoms with van der Waals surface area (Å²) in [6, 6.07) is 7.02. The number of carbonyl (C=O) groups is 1. The second-order valence-electron chi connectivity index (χ2n) is 4.38. The van der Waals surface area contributed by atoms with Crippen LogP contribution in [-0.2, 0) is 6.54 Å². The maximum Gasteiger partial charge on any atom is 0.335 e. The Morgan fingerprint density at radius 1 is 1.18 bits per heavy atom. The highest BCUT2D eigenvalue weighted by Gasteiger charge is 2.09. The van der Waals surface area contributed by atoms with Gasteiger partial charge in [-0.3, -0.25) is 5.43 Å². The number of benzene rings is 1. The first kappa shape index (κ1) is 12.1. The first-order valence-corrected chi connectivity index (χ1v) is 6.06. The van der Waals surface area contributed by atoms with E-state index in [0.29, 0.717) is 5.56 Å². The Morgan fingerprint density at radius 3 is 2.41 bits per heavy atom. The maximum atomic E-state index is 10.7. The van der Waals surface area contributed by atoms with Gasteiger partial charge < -0.3 is 5.11 Å². The third kappa shape index (κ3) is 3.54. The molecule has 0 aliphatic carbocycles. The van der Waals surface area contributed by atoms with E-state index < -0.39 is 5.97 Å². The summed E-state index contributed by atoms with van der Waals surface area (Å²) in [5.41, 5.74) is 4.82. The molecule has 1 aromatic carbocycles. The molecule has 0 spiro atoms. The fourth-order valence-corrected chi connectivity index (χ4v) is 2.02. The van der Waals surface area contributed by atoms with Crippen LogP contribution in [-0.4, -0.2) is 29.2 Å². The molecule has 1 aliphatic heterocycles. The Kier molecular flexibility index (Phi) is 4.12. The van der Waals surface area contributed by atoms with Crippen LogP contribution < -0.4 is 5.43 Å². The zero-order valence-corrected chi connectivity index (χ0v) is 9.85. The third-order valence-electron chi connectivity index (χ3n) is 3.06. The molecule has 1 saturated heterocycles. The molecule has 0 radical (unpaired) electrons. The van der Waals surface area contributed by atoms with E-state index >= 15 is 0 Å². The molecule has 4 heteroatoms. The molecule has 1 aliphatic rings. The molecule has 0 amide bonds. The average Bonchev–Trinajstić information content (AvgIpc) is 2.38. The molecule has 0 bridgehead atoms. The Hall–Kier alpha value is -1.39. The summed E-state index contributed by atoms with van der Waals surface area (Å²) in [7, 11) is 0. The number of aromatic carboxylic acids is 1. The van der Waals surface area contributed by atoms with E-state index in [0.717, 1.165) is 25.2 Å². The molecule has 1 fully saturated rings. The van der Waals surface area contributed by atoms with Gasteiger partial charge >= 0.3 is 5.97 Å². The van der Waals surface area contributed by atoms with Crippen molar-refractivity contribution in [3.05, 3.63) is 35.4 Å². The van der Waals surface area contributed by atoms with E-state index in [2.05, 4.69) is 10.4 Å². The minimum Gasteiger partial charge on any atom is -0.478 e. The monoisotopic (exact) mass is 234 g/mol. The molecule has 0 unspecified atom stereocenters. The van der Waals surface area contributed by atoms with Crippen molar-refractivity contribution in [2.75, 3.05) is 13.1 Å². The van der Waals surface area contributed by atoms with Gasteiger partial charge in [-0.05, 0) is 30.5 Å². The van der Waals surface area contributed by atoms with Crippen molar-refractivity contribution in [1.82, 2.24) is 10.4 Å². The van der Waals surface area contributed by atoms with Gasteiger partial charge in [-0.25, -0.2) is 9.80 Å². The number of hydrogen-bond acceptors (Lipinski definition) is 3.